The van der Waals surface area contributed by atoms with Gasteiger partial charge in [0, 0.05) is 10.6 Å². The van der Waals surface area contributed by atoms with E-state index >= 15 is 0 Å². The van der Waals surface area contributed by atoms with Gasteiger partial charge in [0.2, 0.25) is 0 Å². The number of nitrogens with zero attached hydrogens (tertiary/aromatic N) is 2. The smallest absolute Gasteiger partial charge is 0.348 e. The first-order valence-electron chi connectivity index (χ1n) is 9.13. The van der Waals surface area contributed by atoms with E-state index in [-0.39, 0.29) is 21.7 Å². The quantitative estimate of drug-likeness (QED) is 0.363. The molecule has 0 spiro atoms. The van der Waals surface area contributed by atoms with Gasteiger partial charge in [-0.15, -0.1) is 11.3 Å². The van der Waals surface area contributed by atoms with Crippen LogP contribution in [0.3, 0.4) is 0 Å². The zero-order valence-electron chi connectivity index (χ0n) is 16.3. The van der Waals surface area contributed by atoms with Crippen molar-refractivity contribution in [3.63, 3.8) is 0 Å². The Morgan fingerprint density at radius 2 is 1.83 bits per heavy atom. The third-order valence-electron chi connectivity index (χ3n) is 4.60. The highest BCUT2D eigenvalue weighted by molar-refractivity contribution is 14.1. The van der Waals surface area contributed by atoms with Gasteiger partial charge in [-0.1, -0.05) is 12.1 Å². The monoisotopic (exact) mass is 542 g/mol. The van der Waals surface area contributed by atoms with Gasteiger partial charge in [0.15, 0.2) is 0 Å². The molecule has 0 radical (unpaired) electrons. The SMILES string of the molecule is CCOC(=O)c1sc2c(c1CCc1ccc(I)cc1)c(=O)n(C)c(=O)n2CC(=O)O. The van der Waals surface area contributed by atoms with Crippen LogP contribution in [0.2, 0.25) is 0 Å². The van der Waals surface area contributed by atoms with Crippen LogP contribution in [0, 0.1) is 3.57 Å². The van der Waals surface area contributed by atoms with Gasteiger partial charge in [0.1, 0.15) is 16.3 Å². The highest BCUT2D eigenvalue weighted by Gasteiger charge is 2.25. The molecule has 0 unspecified atom stereocenters. The molecule has 0 saturated heterocycles. The van der Waals surface area contributed by atoms with Crippen LogP contribution >= 0.6 is 33.9 Å². The second-order valence-corrected chi connectivity index (χ2v) is 8.81. The van der Waals surface area contributed by atoms with E-state index in [4.69, 9.17) is 4.74 Å². The minimum atomic E-state index is -1.22. The van der Waals surface area contributed by atoms with E-state index in [9.17, 15) is 24.3 Å². The minimum Gasteiger partial charge on any atom is -0.480 e. The van der Waals surface area contributed by atoms with Crippen molar-refractivity contribution in [3.8, 4) is 0 Å². The Morgan fingerprint density at radius 1 is 1.17 bits per heavy atom. The number of hydrogen-bond donors (Lipinski definition) is 1. The molecule has 0 amide bonds. The molecule has 0 fully saturated rings. The summed E-state index contributed by atoms with van der Waals surface area (Å²) in [5.74, 6) is -1.81. The van der Waals surface area contributed by atoms with E-state index in [0.717, 1.165) is 29.6 Å². The predicted octanol–water partition coefficient (Wildman–Crippen LogP) is 2.41. The number of fused-ring (bicyclic) bond motifs is 1. The fraction of sp³-hybridized carbons (Fsp3) is 0.300. The first-order chi connectivity index (χ1) is 14.2. The lowest BCUT2D eigenvalue weighted by Gasteiger charge is -2.08. The Kier molecular flexibility index (Phi) is 6.76. The molecule has 2 heterocycles. The number of benzene rings is 1. The van der Waals surface area contributed by atoms with Crippen molar-refractivity contribution in [1.82, 2.24) is 9.13 Å². The largest absolute Gasteiger partial charge is 0.480 e. The second kappa shape index (κ2) is 9.13. The third-order valence-corrected chi connectivity index (χ3v) is 6.56. The van der Waals surface area contributed by atoms with Crippen LogP contribution in [-0.2, 0) is 36.0 Å². The topological polar surface area (TPSA) is 108 Å². The maximum Gasteiger partial charge on any atom is 0.348 e. The van der Waals surface area contributed by atoms with Crippen LogP contribution in [-0.4, -0.2) is 32.8 Å². The molecular formula is C20H19IN2O6S. The van der Waals surface area contributed by atoms with E-state index in [1.165, 1.54) is 7.05 Å². The number of carboxylic acid groups (broad SMARTS) is 1. The van der Waals surface area contributed by atoms with E-state index in [1.54, 1.807) is 6.92 Å². The fourth-order valence-electron chi connectivity index (χ4n) is 3.18. The molecule has 0 aliphatic carbocycles. The Balaban J connectivity index is 2.22. The Labute approximate surface area is 188 Å². The first-order valence-corrected chi connectivity index (χ1v) is 11.0. The summed E-state index contributed by atoms with van der Waals surface area (Å²) in [5, 5.41) is 9.41. The highest BCUT2D eigenvalue weighted by atomic mass is 127. The van der Waals surface area contributed by atoms with Crippen LogP contribution in [0.15, 0.2) is 33.9 Å². The number of esters is 1. The number of carbonyl (C=O) groups excluding carboxylic acids is 1. The molecular weight excluding hydrogens is 523 g/mol. The zero-order chi connectivity index (χ0) is 22.0. The molecule has 3 aromatic rings. The Bertz CT molecular complexity index is 1240. The number of carboxylic acids is 1. The molecule has 30 heavy (non-hydrogen) atoms. The lowest BCUT2D eigenvalue weighted by molar-refractivity contribution is -0.137. The first kappa shape index (κ1) is 22.2. The Morgan fingerprint density at radius 3 is 2.43 bits per heavy atom. The van der Waals surface area contributed by atoms with Gasteiger partial charge in [-0.25, -0.2) is 9.59 Å². The van der Waals surface area contributed by atoms with Crippen molar-refractivity contribution in [2.24, 2.45) is 7.05 Å². The van der Waals surface area contributed by atoms with Gasteiger partial charge in [0.05, 0.1) is 12.0 Å². The van der Waals surface area contributed by atoms with Crippen molar-refractivity contribution >= 4 is 56.1 Å². The molecule has 1 aromatic carbocycles. The van der Waals surface area contributed by atoms with Gasteiger partial charge in [-0.2, -0.15) is 0 Å². The molecule has 1 N–H and O–H groups in total. The normalized spacial score (nSPS) is 11.0. The van der Waals surface area contributed by atoms with Gasteiger partial charge in [-0.05, 0) is 65.6 Å². The molecule has 10 heteroatoms. The average Bonchev–Trinajstić information content (AvgIpc) is 3.09. The summed E-state index contributed by atoms with van der Waals surface area (Å²) >= 11 is 3.14. The summed E-state index contributed by atoms with van der Waals surface area (Å²) in [6.45, 7) is 1.22. The molecule has 0 aliphatic heterocycles. The summed E-state index contributed by atoms with van der Waals surface area (Å²) in [4.78, 5) is 49.7. The molecule has 8 nitrogen and oxygen atoms in total. The number of thiophene rings is 1. The van der Waals surface area contributed by atoms with Crippen molar-refractivity contribution in [2.75, 3.05) is 6.61 Å². The average molecular weight is 542 g/mol. The fourth-order valence-corrected chi connectivity index (χ4v) is 4.77. The van der Waals surface area contributed by atoms with Gasteiger partial charge >= 0.3 is 17.6 Å². The lowest BCUT2D eigenvalue weighted by Crippen LogP contribution is -2.39. The molecule has 0 saturated carbocycles. The van der Waals surface area contributed by atoms with Crippen LogP contribution in [0.5, 0.6) is 0 Å². The van der Waals surface area contributed by atoms with Gasteiger partial charge in [0.25, 0.3) is 5.56 Å². The standard InChI is InChI=1S/C20H19IN2O6S/c1-3-29-19(27)16-13(9-6-11-4-7-12(21)8-5-11)15-17(26)22(2)20(28)23(10-14(24)25)18(15)30-16/h4-5,7-8H,3,6,9-10H2,1-2H3,(H,24,25). The van der Waals surface area contributed by atoms with Crippen LogP contribution in [0.1, 0.15) is 27.7 Å². The molecule has 2 aromatic heterocycles. The number of aliphatic carboxylic acids is 1. The number of ether oxygens (including phenoxy) is 1. The summed E-state index contributed by atoms with van der Waals surface area (Å²) < 4.78 is 8.13. The predicted molar refractivity (Wildman–Crippen MR) is 121 cm³/mol. The number of aryl methyl sites for hydroxylation is 2. The summed E-state index contributed by atoms with van der Waals surface area (Å²) in [7, 11) is 1.30. The molecule has 158 valence electrons. The zero-order valence-corrected chi connectivity index (χ0v) is 19.3. The van der Waals surface area contributed by atoms with E-state index in [1.807, 2.05) is 24.3 Å². The van der Waals surface area contributed by atoms with Crippen molar-refractivity contribution in [1.29, 1.82) is 0 Å². The van der Waals surface area contributed by atoms with Crippen LogP contribution in [0.4, 0.5) is 0 Å². The van der Waals surface area contributed by atoms with Crippen LogP contribution in [0.25, 0.3) is 10.2 Å². The number of aromatic nitrogens is 2. The molecule has 0 bridgehead atoms. The van der Waals surface area contributed by atoms with Crippen molar-refractivity contribution < 1.29 is 19.4 Å². The second-order valence-electron chi connectivity index (χ2n) is 6.56. The van der Waals surface area contributed by atoms with Gasteiger partial charge in [-0.3, -0.25) is 18.7 Å². The van der Waals surface area contributed by atoms with Crippen molar-refractivity contribution in [2.45, 2.75) is 26.3 Å². The number of carbonyl (C=O) groups is 2. The van der Waals surface area contributed by atoms with E-state index in [0.29, 0.717) is 18.4 Å². The highest BCUT2D eigenvalue weighted by Crippen LogP contribution is 2.30. The molecule has 3 rings (SSSR count). The van der Waals surface area contributed by atoms with E-state index in [2.05, 4.69) is 22.6 Å². The minimum absolute atomic E-state index is 0.156. The van der Waals surface area contributed by atoms with Crippen LogP contribution < -0.4 is 11.2 Å². The third kappa shape index (κ3) is 4.33. The Hall–Kier alpha value is -2.47. The summed E-state index contributed by atoms with van der Waals surface area (Å²) in [6.07, 6.45) is 0.936. The summed E-state index contributed by atoms with van der Waals surface area (Å²) in [6, 6.07) is 7.88. The number of hydrogen-bond acceptors (Lipinski definition) is 6. The lowest BCUT2D eigenvalue weighted by atomic mass is 10.0. The maximum absolute atomic E-state index is 12.9. The van der Waals surface area contributed by atoms with E-state index < -0.39 is 29.7 Å². The number of halogens is 1. The molecule has 0 atom stereocenters. The van der Waals surface area contributed by atoms with Gasteiger partial charge < -0.3 is 9.84 Å². The maximum atomic E-state index is 12.9. The van der Waals surface area contributed by atoms with Crippen molar-refractivity contribution in [3.05, 3.63) is 64.7 Å². The molecule has 0 aliphatic rings. The summed E-state index contributed by atoms with van der Waals surface area (Å²) in [5.41, 5.74) is 0.212. The number of rotatable bonds is 7.